The molecule has 0 radical (unpaired) electrons. The van der Waals surface area contributed by atoms with Gasteiger partial charge in [-0.05, 0) is 18.8 Å². The van der Waals surface area contributed by atoms with Gasteiger partial charge in [0.05, 0.1) is 0 Å². The maximum atomic E-state index is 12.3. The van der Waals surface area contributed by atoms with Crippen molar-refractivity contribution in [2.45, 2.75) is 47.1 Å². The Morgan fingerprint density at radius 3 is 2.55 bits per heavy atom. The number of aromatic nitrogens is 2. The quantitative estimate of drug-likeness (QED) is 0.749. The van der Waals surface area contributed by atoms with E-state index in [1.54, 1.807) is 17.0 Å². The number of hydrogen-bond donors (Lipinski definition) is 1. The Morgan fingerprint density at radius 2 is 2.05 bits per heavy atom. The molecule has 0 atom stereocenters. The summed E-state index contributed by atoms with van der Waals surface area (Å²) in [5.41, 5.74) is -0.0362. The van der Waals surface area contributed by atoms with Crippen LogP contribution in [0.1, 0.15) is 40.5 Å². The molecule has 0 amide bonds. The van der Waals surface area contributed by atoms with E-state index in [1.807, 2.05) is 0 Å². The van der Waals surface area contributed by atoms with Gasteiger partial charge in [0.2, 0.25) is 0 Å². The predicted molar refractivity (Wildman–Crippen MR) is 85.6 cm³/mol. The van der Waals surface area contributed by atoms with Crippen LogP contribution in [-0.4, -0.2) is 22.0 Å². The van der Waals surface area contributed by atoms with E-state index in [1.165, 1.54) is 0 Å². The van der Waals surface area contributed by atoms with Gasteiger partial charge < -0.3 is 9.88 Å². The summed E-state index contributed by atoms with van der Waals surface area (Å²) < 4.78 is 1.71. The Balaban J connectivity index is 2.86. The van der Waals surface area contributed by atoms with Gasteiger partial charge in [-0.15, -0.1) is 11.6 Å². The fourth-order valence-corrected chi connectivity index (χ4v) is 2.59. The highest BCUT2D eigenvalue weighted by Gasteiger charge is 2.25. The summed E-state index contributed by atoms with van der Waals surface area (Å²) in [6, 6.07) is 0. The minimum Gasteiger partial charge on any atom is -0.365 e. The second-order valence-corrected chi connectivity index (χ2v) is 6.09. The summed E-state index contributed by atoms with van der Waals surface area (Å²) in [7, 11) is 0. The summed E-state index contributed by atoms with van der Waals surface area (Å²) in [6.45, 7) is 9.82. The lowest BCUT2D eigenvalue weighted by Gasteiger charge is -2.29. The van der Waals surface area contributed by atoms with Gasteiger partial charge in [0, 0.05) is 36.8 Å². The van der Waals surface area contributed by atoms with Gasteiger partial charge in [0.1, 0.15) is 0 Å². The third kappa shape index (κ3) is 4.23. The van der Waals surface area contributed by atoms with Crippen LogP contribution in [0.3, 0.4) is 0 Å². The monoisotopic (exact) mass is 299 g/mol. The lowest BCUT2D eigenvalue weighted by atomic mass is 9.84. The normalized spacial score (nSPS) is 11.9. The Bertz CT molecular complexity index is 458. The zero-order valence-electron chi connectivity index (χ0n) is 12.9. The smallest absolute Gasteiger partial charge is 0.293 e. The molecule has 0 saturated carbocycles. The van der Waals surface area contributed by atoms with E-state index in [0.717, 1.165) is 12.8 Å². The molecule has 0 unspecified atom stereocenters. The highest BCUT2D eigenvalue weighted by atomic mass is 35.5. The van der Waals surface area contributed by atoms with Gasteiger partial charge in [-0.2, -0.15) is 0 Å². The van der Waals surface area contributed by atoms with Crippen LogP contribution in [0.25, 0.3) is 0 Å². The van der Waals surface area contributed by atoms with Crippen LogP contribution in [0.15, 0.2) is 17.2 Å². The second-order valence-electron chi connectivity index (χ2n) is 5.82. The predicted octanol–water partition coefficient (Wildman–Crippen LogP) is 3.36. The number of rotatable bonds is 8. The van der Waals surface area contributed by atoms with E-state index >= 15 is 0 Å². The van der Waals surface area contributed by atoms with E-state index in [0.29, 0.717) is 30.7 Å². The van der Waals surface area contributed by atoms with Crippen molar-refractivity contribution in [3.63, 3.8) is 0 Å². The Hall–Kier alpha value is -1.03. The van der Waals surface area contributed by atoms with Crippen molar-refractivity contribution in [1.29, 1.82) is 0 Å². The first-order chi connectivity index (χ1) is 9.48. The molecule has 1 N–H and O–H groups in total. The van der Waals surface area contributed by atoms with Crippen LogP contribution in [-0.2, 0) is 6.54 Å². The first-order valence-corrected chi connectivity index (χ1v) is 7.86. The van der Waals surface area contributed by atoms with Crippen molar-refractivity contribution in [1.82, 2.24) is 9.55 Å². The third-order valence-corrected chi connectivity index (χ3v) is 4.46. The molecule has 1 rings (SSSR count). The topological polar surface area (TPSA) is 46.9 Å². The van der Waals surface area contributed by atoms with Crippen LogP contribution < -0.4 is 10.9 Å². The molecule has 0 aliphatic rings. The molecule has 0 spiro atoms. The van der Waals surface area contributed by atoms with Crippen LogP contribution in [0.2, 0.25) is 0 Å². The standard InChI is InChI=1S/C15H26ClN3O/c1-5-15(6-2,10-16)11-18-13-14(20)19(8-7-17-13)9-12(3)4/h7-8,12H,5-6,9-11H2,1-4H3,(H,17,18). The molecule has 1 aromatic rings. The van der Waals surface area contributed by atoms with Crippen molar-refractivity contribution in [2.75, 3.05) is 17.7 Å². The lowest BCUT2D eigenvalue weighted by Crippen LogP contribution is -2.34. The van der Waals surface area contributed by atoms with Crippen molar-refractivity contribution in [2.24, 2.45) is 11.3 Å². The summed E-state index contributed by atoms with van der Waals surface area (Å²) in [4.78, 5) is 16.5. The molecule has 1 aromatic heterocycles. The van der Waals surface area contributed by atoms with Crippen LogP contribution in [0.5, 0.6) is 0 Å². The van der Waals surface area contributed by atoms with E-state index < -0.39 is 0 Å². The zero-order valence-corrected chi connectivity index (χ0v) is 13.7. The van der Waals surface area contributed by atoms with Crippen LogP contribution >= 0.6 is 11.6 Å². The molecule has 0 aliphatic carbocycles. The minimum absolute atomic E-state index is 0.0222. The fraction of sp³-hybridized carbons (Fsp3) is 0.733. The summed E-state index contributed by atoms with van der Waals surface area (Å²) in [5, 5.41) is 3.19. The minimum atomic E-state index is -0.0584. The van der Waals surface area contributed by atoms with E-state index in [4.69, 9.17) is 11.6 Å². The number of nitrogens with one attached hydrogen (secondary N) is 1. The Kier molecular flexibility index (Phi) is 6.53. The van der Waals surface area contributed by atoms with E-state index in [9.17, 15) is 4.79 Å². The summed E-state index contributed by atoms with van der Waals surface area (Å²) in [5.74, 6) is 1.43. The van der Waals surface area contributed by atoms with Crippen molar-refractivity contribution >= 4 is 17.4 Å². The van der Waals surface area contributed by atoms with E-state index in [2.05, 4.69) is 38.0 Å². The number of anilines is 1. The first kappa shape index (κ1) is 17.0. The molecule has 5 heteroatoms. The zero-order chi connectivity index (χ0) is 15.2. The highest BCUT2D eigenvalue weighted by Crippen LogP contribution is 2.27. The number of nitrogens with zero attached hydrogens (tertiary/aromatic N) is 2. The largest absolute Gasteiger partial charge is 0.365 e. The van der Waals surface area contributed by atoms with Gasteiger partial charge in [-0.25, -0.2) is 4.98 Å². The first-order valence-electron chi connectivity index (χ1n) is 7.33. The van der Waals surface area contributed by atoms with Crippen molar-refractivity contribution in [3.8, 4) is 0 Å². The van der Waals surface area contributed by atoms with Gasteiger partial charge in [-0.3, -0.25) is 4.79 Å². The van der Waals surface area contributed by atoms with Crippen LogP contribution in [0, 0.1) is 11.3 Å². The summed E-state index contributed by atoms with van der Waals surface area (Å²) >= 11 is 6.09. The molecule has 1 heterocycles. The molecule has 0 bridgehead atoms. The third-order valence-electron chi connectivity index (χ3n) is 3.89. The molecule has 20 heavy (non-hydrogen) atoms. The number of alkyl halides is 1. The molecule has 4 nitrogen and oxygen atoms in total. The maximum absolute atomic E-state index is 12.3. The molecular formula is C15H26ClN3O. The average molecular weight is 300 g/mol. The fourth-order valence-electron chi connectivity index (χ4n) is 2.11. The van der Waals surface area contributed by atoms with E-state index in [-0.39, 0.29) is 11.0 Å². The van der Waals surface area contributed by atoms with Gasteiger partial charge in [0.25, 0.3) is 5.56 Å². The van der Waals surface area contributed by atoms with Gasteiger partial charge in [0.15, 0.2) is 5.82 Å². The maximum Gasteiger partial charge on any atom is 0.293 e. The number of hydrogen-bond acceptors (Lipinski definition) is 3. The number of halogens is 1. The molecule has 0 fully saturated rings. The van der Waals surface area contributed by atoms with Gasteiger partial charge in [-0.1, -0.05) is 27.7 Å². The molecule has 0 aromatic carbocycles. The molecule has 0 saturated heterocycles. The second kappa shape index (κ2) is 7.67. The summed E-state index contributed by atoms with van der Waals surface area (Å²) in [6.07, 6.45) is 5.37. The van der Waals surface area contributed by atoms with Crippen molar-refractivity contribution in [3.05, 3.63) is 22.7 Å². The molecule has 114 valence electrons. The van der Waals surface area contributed by atoms with Crippen LogP contribution in [0.4, 0.5) is 5.82 Å². The average Bonchev–Trinajstić information content (AvgIpc) is 2.44. The van der Waals surface area contributed by atoms with Crippen molar-refractivity contribution < 1.29 is 0 Å². The molecule has 0 aliphatic heterocycles. The highest BCUT2D eigenvalue weighted by molar-refractivity contribution is 6.18. The lowest BCUT2D eigenvalue weighted by molar-refractivity contribution is 0.326. The Morgan fingerprint density at radius 1 is 1.40 bits per heavy atom. The SMILES string of the molecule is CCC(CC)(CCl)CNc1nccn(CC(C)C)c1=O. The van der Waals surface area contributed by atoms with Gasteiger partial charge >= 0.3 is 0 Å². The molecular weight excluding hydrogens is 274 g/mol. The Labute approximate surface area is 126 Å².